The predicted octanol–water partition coefficient (Wildman–Crippen LogP) is 5.22. The molecule has 12 heteroatoms. The zero-order valence-electron chi connectivity index (χ0n) is 25.3. The Morgan fingerprint density at radius 3 is 2.34 bits per heavy atom. The van der Waals surface area contributed by atoms with Crippen LogP contribution in [-0.4, -0.2) is 65.6 Å². The maximum Gasteiger partial charge on any atom is 0.329 e. The molecule has 2 heterocycles. The molecule has 44 heavy (non-hydrogen) atoms. The Morgan fingerprint density at radius 2 is 1.66 bits per heavy atom. The first kappa shape index (κ1) is 32.0. The Kier molecular flexibility index (Phi) is 9.35. The van der Waals surface area contributed by atoms with E-state index in [-0.39, 0.29) is 30.5 Å². The fourth-order valence-electron chi connectivity index (χ4n) is 5.23. The number of sulfonamides is 1. The number of anilines is 1. The number of amides is 1. The summed E-state index contributed by atoms with van der Waals surface area (Å²) in [6.45, 7) is 7.36. The molecule has 3 aromatic rings. The molecule has 2 aliphatic heterocycles. The van der Waals surface area contributed by atoms with E-state index in [2.05, 4.69) is 19.6 Å². The fraction of sp³-hybridized carbons (Fsp3) is 0.344. The molecule has 0 radical (unpaired) electrons. The number of carbonyl (C=O) groups is 1. The second kappa shape index (κ2) is 12.9. The van der Waals surface area contributed by atoms with Crippen LogP contribution in [0.15, 0.2) is 89.8 Å². The third-order valence-electron chi connectivity index (χ3n) is 7.80. The molecule has 9 nitrogen and oxygen atoms in total. The largest absolute Gasteiger partial charge is 0.487 e. The highest BCUT2D eigenvalue weighted by Crippen LogP contribution is 2.36. The van der Waals surface area contributed by atoms with Crippen molar-refractivity contribution in [3.8, 4) is 5.75 Å². The van der Waals surface area contributed by atoms with Gasteiger partial charge < -0.3 is 4.74 Å². The van der Waals surface area contributed by atoms with Crippen LogP contribution < -0.4 is 9.04 Å². The van der Waals surface area contributed by atoms with Crippen LogP contribution in [0.2, 0.25) is 25.7 Å². The predicted molar refractivity (Wildman–Crippen MR) is 176 cm³/mol. The molecule has 0 saturated carbocycles. The van der Waals surface area contributed by atoms with E-state index in [4.69, 9.17) is 4.74 Å². The summed E-state index contributed by atoms with van der Waals surface area (Å²) in [5, 5.41) is 0. The van der Waals surface area contributed by atoms with Crippen molar-refractivity contribution in [1.29, 1.82) is 0 Å². The Hall–Kier alpha value is -3.45. The summed E-state index contributed by atoms with van der Waals surface area (Å²) < 4.78 is 63.1. The monoisotopic (exact) mass is 653 g/mol. The van der Waals surface area contributed by atoms with Gasteiger partial charge in [0.1, 0.15) is 18.9 Å². The van der Waals surface area contributed by atoms with E-state index in [9.17, 15) is 21.6 Å². The first-order chi connectivity index (χ1) is 20.8. The minimum absolute atomic E-state index is 0.0263. The van der Waals surface area contributed by atoms with Gasteiger partial charge in [-0.1, -0.05) is 86.4 Å². The SMILES string of the molecule is C[Si](C)(C)CCN1C(=O)CN(c2ccc(/C=C/C3CCN(S(=O)(=O)c4ccccc4)C3)cc2OCc2ccccc2)S1(=O)=O. The minimum Gasteiger partial charge on any atom is -0.487 e. The van der Waals surface area contributed by atoms with E-state index in [1.54, 1.807) is 48.5 Å². The molecule has 0 aromatic heterocycles. The van der Waals surface area contributed by atoms with Crippen molar-refractivity contribution in [2.75, 3.05) is 30.5 Å². The van der Waals surface area contributed by atoms with Crippen molar-refractivity contribution < 1.29 is 26.4 Å². The molecule has 2 saturated heterocycles. The van der Waals surface area contributed by atoms with Crippen LogP contribution in [0.1, 0.15) is 17.5 Å². The molecule has 3 aromatic carbocycles. The zero-order chi connectivity index (χ0) is 31.5. The van der Waals surface area contributed by atoms with Gasteiger partial charge in [0, 0.05) is 27.7 Å². The fourth-order valence-corrected chi connectivity index (χ4v) is 9.36. The lowest BCUT2D eigenvalue weighted by Crippen LogP contribution is -2.37. The van der Waals surface area contributed by atoms with E-state index in [1.807, 2.05) is 42.5 Å². The van der Waals surface area contributed by atoms with Crippen molar-refractivity contribution >= 4 is 46.0 Å². The van der Waals surface area contributed by atoms with Crippen molar-refractivity contribution in [1.82, 2.24) is 8.61 Å². The maximum atomic E-state index is 13.6. The molecular weight excluding hydrogens is 615 g/mol. The Balaban J connectivity index is 1.37. The topological polar surface area (TPSA) is 104 Å². The molecule has 0 aliphatic carbocycles. The number of nitrogens with zero attached hydrogens (tertiary/aromatic N) is 3. The van der Waals surface area contributed by atoms with Crippen molar-refractivity contribution in [3.63, 3.8) is 0 Å². The Labute approximate surface area is 262 Å². The molecule has 1 unspecified atom stereocenters. The minimum atomic E-state index is -4.06. The standard InChI is InChI=1S/C32H39N3O6S2Si/c1-44(2,3)21-20-34-32(36)24-35(43(34,39)40)30-17-16-26(22-31(30)41-25-28-10-6-4-7-11-28)14-15-27-18-19-33(23-27)42(37,38)29-12-8-5-9-13-29/h4-17,22,27H,18-21,23-25H2,1-3H3/b15-14+. The molecule has 1 atom stereocenters. The number of hydrogen-bond donors (Lipinski definition) is 0. The normalized spacial score (nSPS) is 19.2. The molecule has 0 spiro atoms. The van der Waals surface area contributed by atoms with Crippen LogP contribution >= 0.6 is 0 Å². The summed E-state index contributed by atoms with van der Waals surface area (Å²) >= 11 is 0. The van der Waals surface area contributed by atoms with Crippen LogP contribution in [0.5, 0.6) is 5.75 Å². The van der Waals surface area contributed by atoms with Crippen LogP contribution in [0.3, 0.4) is 0 Å². The first-order valence-electron chi connectivity index (χ1n) is 14.7. The first-order valence-corrected chi connectivity index (χ1v) is 21.3. The Bertz CT molecular complexity index is 1730. The summed E-state index contributed by atoms with van der Waals surface area (Å²) in [4.78, 5) is 13.2. The smallest absolute Gasteiger partial charge is 0.329 e. The van der Waals surface area contributed by atoms with E-state index in [0.29, 0.717) is 37.0 Å². The van der Waals surface area contributed by atoms with Crippen LogP contribution in [0.25, 0.3) is 6.08 Å². The van der Waals surface area contributed by atoms with E-state index >= 15 is 0 Å². The van der Waals surface area contributed by atoms with Crippen molar-refractivity contribution in [3.05, 3.63) is 96.1 Å². The summed E-state index contributed by atoms with van der Waals surface area (Å²) in [7, 11) is -9.20. The van der Waals surface area contributed by atoms with Gasteiger partial charge in [-0.15, -0.1) is 0 Å². The van der Waals surface area contributed by atoms with Crippen LogP contribution in [0, 0.1) is 5.92 Å². The highest BCUT2D eigenvalue weighted by Gasteiger charge is 2.44. The highest BCUT2D eigenvalue weighted by atomic mass is 32.2. The van der Waals surface area contributed by atoms with E-state index < -0.39 is 34.2 Å². The number of ether oxygens (including phenoxy) is 1. The van der Waals surface area contributed by atoms with Crippen molar-refractivity contribution in [2.24, 2.45) is 5.92 Å². The summed E-state index contributed by atoms with van der Waals surface area (Å²) in [6, 6.07) is 23.9. The molecule has 234 valence electrons. The highest BCUT2D eigenvalue weighted by molar-refractivity contribution is 7.91. The molecular formula is C32H39N3O6S2Si. The average molecular weight is 654 g/mol. The van der Waals surface area contributed by atoms with Gasteiger partial charge in [0.15, 0.2) is 0 Å². The lowest BCUT2D eigenvalue weighted by Gasteiger charge is -2.24. The summed E-state index contributed by atoms with van der Waals surface area (Å²) in [6.07, 6.45) is 4.59. The maximum absolute atomic E-state index is 13.6. The molecule has 0 N–H and O–H groups in total. The van der Waals surface area contributed by atoms with E-state index in [1.165, 1.54) is 4.31 Å². The Morgan fingerprint density at radius 1 is 0.977 bits per heavy atom. The van der Waals surface area contributed by atoms with Crippen molar-refractivity contribution in [2.45, 2.75) is 43.6 Å². The van der Waals surface area contributed by atoms with Gasteiger partial charge in [0.2, 0.25) is 10.0 Å². The molecule has 2 aliphatic rings. The van der Waals surface area contributed by atoms with Gasteiger partial charge in [-0.2, -0.15) is 12.7 Å². The second-order valence-electron chi connectivity index (χ2n) is 12.4. The van der Waals surface area contributed by atoms with Gasteiger partial charge in [-0.25, -0.2) is 17.0 Å². The average Bonchev–Trinajstić information content (AvgIpc) is 3.56. The third kappa shape index (κ3) is 7.25. The molecule has 0 bridgehead atoms. The lowest BCUT2D eigenvalue weighted by molar-refractivity contribution is -0.123. The third-order valence-corrected chi connectivity index (χ3v) is 13.2. The number of benzene rings is 3. The number of rotatable bonds is 11. The number of hydrogen-bond acceptors (Lipinski definition) is 6. The summed E-state index contributed by atoms with van der Waals surface area (Å²) in [5.74, 6) is -0.0741. The number of carbonyl (C=O) groups excluding carboxylic acids is 1. The lowest BCUT2D eigenvalue weighted by atomic mass is 10.1. The van der Waals surface area contributed by atoms with Gasteiger partial charge >= 0.3 is 10.2 Å². The van der Waals surface area contributed by atoms with Gasteiger partial charge in [-0.3, -0.25) is 4.79 Å². The quantitative estimate of drug-likeness (QED) is 0.263. The van der Waals surface area contributed by atoms with Gasteiger partial charge in [-0.05, 0) is 53.8 Å². The van der Waals surface area contributed by atoms with Crippen LogP contribution in [0.4, 0.5) is 5.69 Å². The van der Waals surface area contributed by atoms with Gasteiger partial charge in [0.25, 0.3) is 5.91 Å². The van der Waals surface area contributed by atoms with Gasteiger partial charge in [0.05, 0.1) is 10.6 Å². The summed E-state index contributed by atoms with van der Waals surface area (Å²) in [5.41, 5.74) is 2.00. The molecule has 5 rings (SSSR count). The zero-order valence-corrected chi connectivity index (χ0v) is 27.9. The molecule has 1 amide bonds. The van der Waals surface area contributed by atoms with Crippen LogP contribution in [-0.2, 0) is 31.6 Å². The van der Waals surface area contributed by atoms with E-state index in [0.717, 1.165) is 19.7 Å². The molecule has 2 fully saturated rings. The second-order valence-corrected chi connectivity index (χ2v) is 21.7.